The van der Waals surface area contributed by atoms with Gasteiger partial charge in [0.2, 0.25) is 11.5 Å². The number of nitrogen functional groups attached to an aromatic ring is 1. The van der Waals surface area contributed by atoms with Crippen molar-refractivity contribution in [2.24, 2.45) is 10.7 Å². The van der Waals surface area contributed by atoms with Crippen LogP contribution < -0.4 is 11.5 Å². The molecule has 0 saturated heterocycles. The van der Waals surface area contributed by atoms with Crippen molar-refractivity contribution >= 4 is 68.5 Å². The Balaban J connectivity index is 2.07. The van der Waals surface area contributed by atoms with Crippen molar-refractivity contribution in [2.45, 2.75) is 0 Å². The third-order valence-corrected chi connectivity index (χ3v) is 4.90. The highest BCUT2D eigenvalue weighted by molar-refractivity contribution is 9.10. The Morgan fingerprint density at radius 1 is 1.26 bits per heavy atom. The summed E-state index contributed by atoms with van der Waals surface area (Å²) in [5.74, 6) is -0.0944. The monoisotopic (exact) mass is 447 g/mol. The van der Waals surface area contributed by atoms with Crippen LogP contribution in [0.3, 0.4) is 0 Å². The lowest BCUT2D eigenvalue weighted by Gasteiger charge is -2.19. The van der Waals surface area contributed by atoms with Crippen LogP contribution in [-0.4, -0.2) is 40.3 Å². The molecule has 0 amide bonds. The minimum Gasteiger partial charge on any atom is -0.506 e. The maximum atomic E-state index is 12.9. The first-order valence-electron chi connectivity index (χ1n) is 7.99. The number of rotatable bonds is 4. The second-order valence-corrected chi connectivity index (χ2v) is 7.18. The molecule has 0 unspecified atom stereocenters. The van der Waals surface area contributed by atoms with Crippen molar-refractivity contribution in [1.82, 2.24) is 0 Å². The molecule has 0 atom stereocenters. The lowest BCUT2D eigenvalue weighted by molar-refractivity contribution is -0.425. The largest absolute Gasteiger partial charge is 0.506 e. The average molecular weight is 449 g/mol. The number of ketones is 1. The van der Waals surface area contributed by atoms with E-state index in [0.29, 0.717) is 22.6 Å². The number of fused-ring (bicyclic) bond motifs is 1. The van der Waals surface area contributed by atoms with Gasteiger partial charge in [-0.15, -0.1) is 11.6 Å². The number of alkyl halides is 1. The number of phenolic OH excluding ortho intramolecular Hbond substituents is 1. The molecule has 27 heavy (non-hydrogen) atoms. The Bertz CT molecular complexity index is 1030. The predicted octanol–water partition coefficient (Wildman–Crippen LogP) is 3.59. The Morgan fingerprint density at radius 2 is 2.00 bits per heavy atom. The molecule has 6 nitrogen and oxygen atoms in total. The zero-order valence-corrected chi connectivity index (χ0v) is 16.6. The molecule has 3 rings (SSSR count). The second kappa shape index (κ2) is 7.54. The van der Waals surface area contributed by atoms with Gasteiger partial charge < -0.3 is 16.6 Å². The number of anilines is 1. The van der Waals surface area contributed by atoms with Crippen LogP contribution in [-0.2, 0) is 0 Å². The number of hydrogen-bond donors (Lipinski definition) is 3. The number of aromatic hydroxyl groups is 1. The molecule has 2 aromatic rings. The minimum atomic E-state index is -0.405. The fraction of sp³-hybridized carbons (Fsp3) is 0.105. The van der Waals surface area contributed by atoms with Gasteiger partial charge in [0.1, 0.15) is 18.2 Å². The maximum absolute atomic E-state index is 12.9. The average Bonchev–Trinajstić information content (AvgIpc) is 2.63. The van der Waals surface area contributed by atoms with Gasteiger partial charge in [-0.1, -0.05) is 6.07 Å². The van der Waals surface area contributed by atoms with Crippen molar-refractivity contribution < 1.29 is 14.5 Å². The summed E-state index contributed by atoms with van der Waals surface area (Å²) in [6.07, 6.45) is 1.43. The van der Waals surface area contributed by atoms with E-state index in [9.17, 15) is 9.90 Å². The molecule has 1 aliphatic rings. The summed E-state index contributed by atoms with van der Waals surface area (Å²) in [6, 6.07) is 8.71. The van der Waals surface area contributed by atoms with Crippen molar-refractivity contribution in [1.29, 1.82) is 0 Å². The van der Waals surface area contributed by atoms with Crippen LogP contribution in [0.1, 0.15) is 15.9 Å². The molecule has 138 valence electrons. The maximum Gasteiger partial charge on any atom is 0.214 e. The van der Waals surface area contributed by atoms with Crippen LogP contribution in [0.5, 0.6) is 5.75 Å². The number of phenols is 1. The summed E-state index contributed by atoms with van der Waals surface area (Å²) in [4.78, 5) is 17.3. The fourth-order valence-corrected chi connectivity index (χ4v) is 3.46. The number of halogens is 2. The van der Waals surface area contributed by atoms with E-state index in [-0.39, 0.29) is 34.0 Å². The van der Waals surface area contributed by atoms with Gasteiger partial charge in [-0.05, 0) is 34.1 Å². The van der Waals surface area contributed by atoms with Crippen molar-refractivity contribution in [3.63, 3.8) is 0 Å². The predicted molar refractivity (Wildman–Crippen MR) is 113 cm³/mol. The number of carbonyl (C=O) groups is 1. The normalized spacial score (nSPS) is 14.8. The van der Waals surface area contributed by atoms with Gasteiger partial charge in [0, 0.05) is 23.5 Å². The molecule has 0 spiro atoms. The van der Waals surface area contributed by atoms with E-state index in [2.05, 4.69) is 27.6 Å². The van der Waals surface area contributed by atoms with Gasteiger partial charge >= 0.3 is 0 Å². The van der Waals surface area contributed by atoms with Gasteiger partial charge in [0.25, 0.3) is 0 Å². The van der Waals surface area contributed by atoms with Crippen molar-refractivity contribution in [3.05, 3.63) is 52.0 Å². The smallest absolute Gasteiger partial charge is 0.214 e. The number of allylic oxidation sites excluding steroid dienone is 1. The summed E-state index contributed by atoms with van der Waals surface area (Å²) in [5.41, 5.74) is 14.4. The Morgan fingerprint density at radius 3 is 2.70 bits per heavy atom. The second-order valence-electron chi connectivity index (χ2n) is 5.94. The SMILES string of the molecule is C=[N+](CCCl)c1cccc(N=C2C=C(N)c3c(O)c(Br)cc(N)c3C2=O)c1. The molecule has 0 aromatic heterocycles. The summed E-state index contributed by atoms with van der Waals surface area (Å²) in [6.45, 7) is 4.50. The lowest BCUT2D eigenvalue weighted by atomic mass is 9.90. The van der Waals surface area contributed by atoms with E-state index in [0.717, 1.165) is 5.69 Å². The van der Waals surface area contributed by atoms with Gasteiger partial charge in [-0.3, -0.25) is 4.79 Å². The van der Waals surface area contributed by atoms with Crippen LogP contribution in [0.4, 0.5) is 17.1 Å². The number of Topliss-reactive ketones (excluding diaryl/α,β-unsaturated/α-hetero) is 1. The highest BCUT2D eigenvalue weighted by Gasteiger charge is 2.29. The fourth-order valence-electron chi connectivity index (χ4n) is 2.81. The van der Waals surface area contributed by atoms with Crippen LogP contribution in [0.2, 0.25) is 0 Å². The molecule has 0 aliphatic heterocycles. The molecule has 5 N–H and O–H groups in total. The summed E-state index contributed by atoms with van der Waals surface area (Å²) in [7, 11) is 0. The van der Waals surface area contributed by atoms with Crippen LogP contribution >= 0.6 is 27.5 Å². The molecule has 0 bridgehead atoms. The molecule has 2 aromatic carbocycles. The van der Waals surface area contributed by atoms with E-state index >= 15 is 0 Å². The first-order chi connectivity index (χ1) is 12.8. The Kier molecular flexibility index (Phi) is 5.34. The summed E-state index contributed by atoms with van der Waals surface area (Å²) in [5, 5.41) is 10.2. The Hall–Kier alpha value is -2.64. The van der Waals surface area contributed by atoms with Crippen LogP contribution in [0, 0.1) is 0 Å². The topological polar surface area (TPSA) is 105 Å². The first kappa shape index (κ1) is 19.1. The molecular weight excluding hydrogens is 432 g/mol. The molecule has 0 heterocycles. The van der Waals surface area contributed by atoms with E-state index < -0.39 is 5.78 Å². The Labute approximate surface area is 169 Å². The van der Waals surface area contributed by atoms with E-state index in [1.165, 1.54) is 12.1 Å². The van der Waals surface area contributed by atoms with Gasteiger partial charge in [-0.2, -0.15) is 0 Å². The molecule has 8 heteroatoms. The third-order valence-electron chi connectivity index (χ3n) is 4.12. The molecule has 0 saturated carbocycles. The number of nitrogens with two attached hydrogens (primary N) is 2. The van der Waals surface area contributed by atoms with Gasteiger partial charge in [0.15, 0.2) is 6.54 Å². The van der Waals surface area contributed by atoms with E-state index in [1.807, 2.05) is 12.1 Å². The minimum absolute atomic E-state index is 0.129. The zero-order valence-electron chi connectivity index (χ0n) is 14.2. The quantitative estimate of drug-likeness (QED) is 0.218. The molecule has 0 radical (unpaired) electrons. The summed E-state index contributed by atoms with van der Waals surface area (Å²) < 4.78 is 2.11. The van der Waals surface area contributed by atoms with Gasteiger partial charge in [-0.25, -0.2) is 9.57 Å². The number of hydrogen-bond acceptors (Lipinski definition) is 5. The van der Waals surface area contributed by atoms with Crippen molar-refractivity contribution in [2.75, 3.05) is 18.2 Å². The van der Waals surface area contributed by atoms with E-state index in [4.69, 9.17) is 23.1 Å². The molecule has 0 fully saturated rings. The number of benzene rings is 2. The van der Waals surface area contributed by atoms with Gasteiger partial charge in [0.05, 0.1) is 27.2 Å². The standard InChI is InChI=1S/C19H16BrClN4O2/c1-25(6-5-21)11-4-2-3-10(7-11)24-15-9-14(23)16-17(19(15)27)13(22)8-12(20)18(16)26/h2-4,7-9H,1,5-6H2,(H4-,22,23,24,26,27)/p+1. The molecular formula is C19H17BrClN4O2+. The van der Waals surface area contributed by atoms with Crippen molar-refractivity contribution in [3.8, 4) is 5.75 Å². The number of carbonyl (C=O) groups excluding carboxylic acids is 1. The van der Waals surface area contributed by atoms with Crippen LogP contribution in [0.25, 0.3) is 5.70 Å². The summed E-state index contributed by atoms with van der Waals surface area (Å²) >= 11 is 8.95. The highest BCUT2D eigenvalue weighted by Crippen LogP contribution is 2.40. The van der Waals surface area contributed by atoms with E-state index in [1.54, 1.807) is 16.7 Å². The number of aliphatic imine (C=N–C) groups is 1. The highest BCUT2D eigenvalue weighted by atomic mass is 79.9. The zero-order chi connectivity index (χ0) is 19.7. The number of nitrogens with zero attached hydrogens (tertiary/aromatic N) is 2. The lowest BCUT2D eigenvalue weighted by Crippen LogP contribution is -2.23. The first-order valence-corrected chi connectivity index (χ1v) is 9.32. The van der Waals surface area contributed by atoms with Crippen LogP contribution in [0.15, 0.2) is 45.9 Å². The molecule has 1 aliphatic carbocycles. The third kappa shape index (κ3) is 3.61.